The summed E-state index contributed by atoms with van der Waals surface area (Å²) < 4.78 is 1.90. The molecule has 1 aromatic rings. The van der Waals surface area contributed by atoms with Gasteiger partial charge in [-0.05, 0) is 39.0 Å². The molecule has 1 unspecified atom stereocenters. The Labute approximate surface area is 131 Å². The summed E-state index contributed by atoms with van der Waals surface area (Å²) in [5.41, 5.74) is 1.36. The van der Waals surface area contributed by atoms with E-state index in [0.717, 1.165) is 31.4 Å². The van der Waals surface area contributed by atoms with Crippen molar-refractivity contribution in [3.63, 3.8) is 0 Å². The summed E-state index contributed by atoms with van der Waals surface area (Å²) >= 11 is 0. The molecule has 22 heavy (non-hydrogen) atoms. The highest BCUT2D eigenvalue weighted by Crippen LogP contribution is 2.24. The highest BCUT2D eigenvalue weighted by Gasteiger charge is 2.34. The number of rotatable bonds is 5. The van der Waals surface area contributed by atoms with E-state index < -0.39 is 12.0 Å². The zero-order chi connectivity index (χ0) is 16.3. The van der Waals surface area contributed by atoms with Gasteiger partial charge in [0, 0.05) is 12.2 Å². The van der Waals surface area contributed by atoms with Crippen LogP contribution >= 0.6 is 0 Å². The Hall–Kier alpha value is -1.85. The maximum absolute atomic E-state index is 12.8. The van der Waals surface area contributed by atoms with E-state index in [0.29, 0.717) is 18.5 Å². The Bertz CT molecular complexity index is 549. The Morgan fingerprint density at radius 2 is 2.05 bits per heavy atom. The molecule has 0 bridgehead atoms. The van der Waals surface area contributed by atoms with Crippen LogP contribution in [0.2, 0.25) is 0 Å². The SMILES string of the molecule is CCC(CC)n1ncc(C(=O)N2CCCCC2C(=O)O)c1C. The molecule has 0 aliphatic carbocycles. The van der Waals surface area contributed by atoms with Gasteiger partial charge < -0.3 is 10.0 Å². The maximum Gasteiger partial charge on any atom is 0.326 e. The Morgan fingerprint density at radius 1 is 1.36 bits per heavy atom. The molecular weight excluding hydrogens is 282 g/mol. The van der Waals surface area contributed by atoms with Crippen LogP contribution in [0.5, 0.6) is 0 Å². The van der Waals surface area contributed by atoms with Crippen LogP contribution in [0.1, 0.15) is 68.0 Å². The van der Waals surface area contributed by atoms with E-state index in [1.165, 1.54) is 4.90 Å². The van der Waals surface area contributed by atoms with E-state index in [-0.39, 0.29) is 11.9 Å². The van der Waals surface area contributed by atoms with Crippen molar-refractivity contribution in [2.45, 2.75) is 65.0 Å². The largest absolute Gasteiger partial charge is 0.480 e. The summed E-state index contributed by atoms with van der Waals surface area (Å²) in [6.07, 6.45) is 5.73. The molecule has 6 nitrogen and oxygen atoms in total. The van der Waals surface area contributed by atoms with Gasteiger partial charge in [-0.15, -0.1) is 0 Å². The average Bonchev–Trinajstić information content (AvgIpc) is 2.90. The van der Waals surface area contributed by atoms with E-state index in [2.05, 4.69) is 18.9 Å². The minimum atomic E-state index is -0.918. The normalized spacial score (nSPS) is 18.7. The molecule has 122 valence electrons. The van der Waals surface area contributed by atoms with E-state index in [1.807, 2.05) is 11.6 Å². The minimum absolute atomic E-state index is 0.207. The standard InChI is InChI=1S/C16H25N3O3/c1-4-12(5-2)19-11(3)13(10-17-19)15(20)18-9-7-6-8-14(18)16(21)22/h10,12,14H,4-9H2,1-3H3,(H,21,22). The van der Waals surface area contributed by atoms with Crippen LogP contribution in [0.4, 0.5) is 0 Å². The number of amides is 1. The zero-order valence-electron chi connectivity index (χ0n) is 13.6. The van der Waals surface area contributed by atoms with Gasteiger partial charge in [0.05, 0.1) is 17.8 Å². The van der Waals surface area contributed by atoms with Gasteiger partial charge >= 0.3 is 5.97 Å². The summed E-state index contributed by atoms with van der Waals surface area (Å²) in [5.74, 6) is -1.13. The van der Waals surface area contributed by atoms with Crippen molar-refractivity contribution in [1.82, 2.24) is 14.7 Å². The predicted octanol–water partition coefficient (Wildman–Crippen LogP) is 2.63. The lowest BCUT2D eigenvalue weighted by molar-refractivity contribution is -0.143. The molecule has 6 heteroatoms. The third-order valence-electron chi connectivity index (χ3n) is 4.61. The highest BCUT2D eigenvalue weighted by atomic mass is 16.4. The Kier molecular flexibility index (Phi) is 5.21. The molecule has 1 amide bonds. The molecule has 1 atom stereocenters. The Balaban J connectivity index is 2.27. The summed E-state index contributed by atoms with van der Waals surface area (Å²) in [6, 6.07) is -0.435. The number of nitrogens with zero attached hydrogens (tertiary/aromatic N) is 3. The summed E-state index contributed by atoms with van der Waals surface area (Å²) in [5, 5.41) is 13.7. The van der Waals surface area contributed by atoms with Crippen molar-refractivity contribution in [2.24, 2.45) is 0 Å². The fourth-order valence-electron chi connectivity index (χ4n) is 3.22. The molecule has 0 spiro atoms. The predicted molar refractivity (Wildman–Crippen MR) is 82.9 cm³/mol. The van der Waals surface area contributed by atoms with Crippen LogP contribution < -0.4 is 0 Å². The first-order valence-corrected chi connectivity index (χ1v) is 8.09. The maximum atomic E-state index is 12.8. The van der Waals surface area contributed by atoms with Crippen LogP contribution in [0.3, 0.4) is 0 Å². The molecule has 0 saturated carbocycles. The zero-order valence-corrected chi connectivity index (χ0v) is 13.6. The lowest BCUT2D eigenvalue weighted by Crippen LogP contribution is -2.48. The number of carbonyl (C=O) groups excluding carboxylic acids is 1. The molecule has 0 aromatic carbocycles. The fraction of sp³-hybridized carbons (Fsp3) is 0.688. The van der Waals surface area contributed by atoms with Crippen LogP contribution in [-0.4, -0.2) is 44.3 Å². The van der Waals surface area contributed by atoms with Crippen LogP contribution in [-0.2, 0) is 4.79 Å². The second-order valence-corrected chi connectivity index (χ2v) is 5.91. The number of carboxylic acid groups (broad SMARTS) is 1. The lowest BCUT2D eigenvalue weighted by Gasteiger charge is -2.32. The van der Waals surface area contributed by atoms with Gasteiger partial charge in [-0.25, -0.2) is 4.79 Å². The number of aliphatic carboxylic acids is 1. The van der Waals surface area contributed by atoms with Gasteiger partial charge in [0.15, 0.2) is 0 Å². The van der Waals surface area contributed by atoms with Gasteiger partial charge in [-0.3, -0.25) is 9.48 Å². The summed E-state index contributed by atoms with van der Waals surface area (Å²) in [7, 11) is 0. The number of aromatic nitrogens is 2. The Morgan fingerprint density at radius 3 is 2.64 bits per heavy atom. The smallest absolute Gasteiger partial charge is 0.326 e. The van der Waals surface area contributed by atoms with Crippen molar-refractivity contribution in [3.8, 4) is 0 Å². The first kappa shape index (κ1) is 16.5. The topological polar surface area (TPSA) is 75.4 Å². The number of hydrogen-bond acceptors (Lipinski definition) is 3. The number of hydrogen-bond donors (Lipinski definition) is 1. The number of carboxylic acids is 1. The van der Waals surface area contributed by atoms with Crippen molar-refractivity contribution in [2.75, 3.05) is 6.54 Å². The molecule has 2 heterocycles. The van der Waals surface area contributed by atoms with Crippen molar-refractivity contribution in [3.05, 3.63) is 17.5 Å². The van der Waals surface area contributed by atoms with Crippen LogP contribution in [0.25, 0.3) is 0 Å². The first-order chi connectivity index (χ1) is 10.5. The second-order valence-electron chi connectivity index (χ2n) is 5.91. The molecule has 0 radical (unpaired) electrons. The van der Waals surface area contributed by atoms with E-state index in [1.54, 1.807) is 6.20 Å². The number of piperidine rings is 1. The fourth-order valence-corrected chi connectivity index (χ4v) is 3.22. The molecule has 1 aromatic heterocycles. The minimum Gasteiger partial charge on any atom is -0.480 e. The number of likely N-dealkylation sites (tertiary alicyclic amines) is 1. The van der Waals surface area contributed by atoms with E-state index in [9.17, 15) is 14.7 Å². The van der Waals surface area contributed by atoms with Crippen molar-refractivity contribution < 1.29 is 14.7 Å². The third-order valence-corrected chi connectivity index (χ3v) is 4.61. The van der Waals surface area contributed by atoms with Gasteiger partial charge in [-0.2, -0.15) is 5.10 Å². The van der Waals surface area contributed by atoms with Crippen molar-refractivity contribution in [1.29, 1.82) is 0 Å². The first-order valence-electron chi connectivity index (χ1n) is 8.09. The molecule has 1 fully saturated rings. The average molecular weight is 307 g/mol. The summed E-state index contributed by atoms with van der Waals surface area (Å²) in [4.78, 5) is 25.6. The molecule has 1 aliphatic heterocycles. The van der Waals surface area contributed by atoms with Crippen molar-refractivity contribution >= 4 is 11.9 Å². The highest BCUT2D eigenvalue weighted by molar-refractivity contribution is 5.97. The third kappa shape index (κ3) is 3.00. The van der Waals surface area contributed by atoms with Gasteiger partial charge in [0.25, 0.3) is 5.91 Å². The molecule has 2 rings (SSSR count). The lowest BCUT2D eigenvalue weighted by atomic mass is 10.0. The monoisotopic (exact) mass is 307 g/mol. The van der Waals surface area contributed by atoms with Gasteiger partial charge in [0.1, 0.15) is 6.04 Å². The van der Waals surface area contributed by atoms with Gasteiger partial charge in [-0.1, -0.05) is 13.8 Å². The second kappa shape index (κ2) is 6.94. The molecule has 1 aliphatic rings. The van der Waals surface area contributed by atoms with Crippen LogP contribution in [0.15, 0.2) is 6.20 Å². The van der Waals surface area contributed by atoms with Gasteiger partial charge in [0.2, 0.25) is 0 Å². The van der Waals surface area contributed by atoms with Crippen LogP contribution in [0, 0.1) is 6.92 Å². The quantitative estimate of drug-likeness (QED) is 0.907. The molecule has 1 N–H and O–H groups in total. The van der Waals surface area contributed by atoms with E-state index >= 15 is 0 Å². The number of carbonyl (C=O) groups is 2. The molecule has 1 saturated heterocycles. The van der Waals surface area contributed by atoms with E-state index in [4.69, 9.17) is 0 Å². The summed E-state index contributed by atoms with van der Waals surface area (Å²) in [6.45, 7) is 6.59. The molecular formula is C16H25N3O3.